The van der Waals surface area contributed by atoms with Gasteiger partial charge in [0, 0.05) is 19.3 Å². The molecule has 1 aliphatic rings. The van der Waals surface area contributed by atoms with Crippen molar-refractivity contribution in [3.63, 3.8) is 0 Å². The average molecular weight is 412 g/mol. The van der Waals surface area contributed by atoms with Crippen molar-refractivity contribution in [3.8, 4) is 11.6 Å². The number of rotatable bonds is 4. The summed E-state index contributed by atoms with van der Waals surface area (Å²) in [7, 11) is -3.71. The summed E-state index contributed by atoms with van der Waals surface area (Å²) in [5, 5.41) is 0. The Hall–Kier alpha value is -3.04. The van der Waals surface area contributed by atoms with Crippen LogP contribution in [-0.4, -0.2) is 40.3 Å². The van der Waals surface area contributed by atoms with Crippen molar-refractivity contribution in [1.29, 1.82) is 0 Å². The van der Waals surface area contributed by atoms with E-state index in [1.54, 1.807) is 18.5 Å². The van der Waals surface area contributed by atoms with E-state index in [0.717, 1.165) is 17.6 Å². The summed E-state index contributed by atoms with van der Waals surface area (Å²) < 4.78 is 48.1. The minimum Gasteiger partial charge on any atom is -0.461 e. The lowest BCUT2D eigenvalue weighted by Gasteiger charge is -2.18. The summed E-state index contributed by atoms with van der Waals surface area (Å²) in [5.74, 6) is 0.750. The number of furan rings is 1. The van der Waals surface area contributed by atoms with Crippen LogP contribution in [0.2, 0.25) is 0 Å². The lowest BCUT2D eigenvalue weighted by atomic mass is 10.2. The van der Waals surface area contributed by atoms with Crippen molar-refractivity contribution >= 4 is 21.2 Å². The molecule has 1 saturated heterocycles. The molecule has 0 bridgehead atoms. The number of hydrogen-bond acceptors (Lipinski definition) is 5. The highest BCUT2D eigenvalue weighted by atomic mass is 32.2. The van der Waals surface area contributed by atoms with Crippen LogP contribution in [0.25, 0.3) is 22.7 Å². The summed E-state index contributed by atoms with van der Waals surface area (Å²) in [6, 6.07) is 12.0. The molecule has 4 aromatic rings. The Kier molecular flexibility index (Phi) is 4.21. The van der Waals surface area contributed by atoms with E-state index in [9.17, 15) is 12.8 Å². The molecule has 4 heterocycles. The fourth-order valence-corrected chi connectivity index (χ4v) is 5.24. The maximum absolute atomic E-state index is 13.2. The lowest BCUT2D eigenvalue weighted by Crippen LogP contribution is -2.29. The number of benzene rings is 1. The Morgan fingerprint density at radius 3 is 2.69 bits per heavy atom. The smallest absolute Gasteiger partial charge is 0.243 e. The maximum Gasteiger partial charge on any atom is 0.243 e. The molecule has 0 radical (unpaired) electrons. The van der Waals surface area contributed by atoms with Gasteiger partial charge in [-0.3, -0.25) is 0 Å². The highest BCUT2D eigenvalue weighted by molar-refractivity contribution is 7.89. The second kappa shape index (κ2) is 6.78. The molecule has 1 atom stereocenters. The topological polar surface area (TPSA) is 81.2 Å². The molecule has 29 heavy (non-hydrogen) atoms. The van der Waals surface area contributed by atoms with Gasteiger partial charge in [-0.25, -0.2) is 22.8 Å². The highest BCUT2D eigenvalue weighted by Gasteiger charge is 2.35. The highest BCUT2D eigenvalue weighted by Crippen LogP contribution is 2.34. The van der Waals surface area contributed by atoms with E-state index < -0.39 is 15.8 Å². The molecule has 5 rings (SSSR count). The van der Waals surface area contributed by atoms with E-state index in [-0.39, 0.29) is 17.5 Å². The first kappa shape index (κ1) is 18.0. The predicted molar refractivity (Wildman–Crippen MR) is 104 cm³/mol. The first-order valence-electron chi connectivity index (χ1n) is 9.16. The van der Waals surface area contributed by atoms with Gasteiger partial charge in [0.25, 0.3) is 0 Å². The zero-order valence-electron chi connectivity index (χ0n) is 15.3. The predicted octanol–water partition coefficient (Wildman–Crippen LogP) is 3.47. The summed E-state index contributed by atoms with van der Waals surface area (Å²) >= 11 is 0. The summed E-state index contributed by atoms with van der Waals surface area (Å²) in [6.07, 6.45) is 3.87. The van der Waals surface area contributed by atoms with Crippen LogP contribution >= 0.6 is 0 Å². The Bertz CT molecular complexity index is 1270. The van der Waals surface area contributed by atoms with Gasteiger partial charge in [0.05, 0.1) is 17.2 Å². The van der Waals surface area contributed by atoms with Crippen LogP contribution < -0.4 is 0 Å². The molecule has 7 nitrogen and oxygen atoms in total. The van der Waals surface area contributed by atoms with Crippen molar-refractivity contribution in [2.45, 2.75) is 17.4 Å². The average Bonchev–Trinajstić information content (AvgIpc) is 3.46. The van der Waals surface area contributed by atoms with E-state index in [2.05, 4.69) is 9.97 Å². The first-order valence-corrected chi connectivity index (χ1v) is 10.6. The minimum atomic E-state index is -3.71. The number of pyridine rings is 1. The van der Waals surface area contributed by atoms with Crippen LogP contribution in [0.3, 0.4) is 0 Å². The Morgan fingerprint density at radius 2 is 1.93 bits per heavy atom. The van der Waals surface area contributed by atoms with Crippen LogP contribution in [0.1, 0.15) is 12.5 Å². The van der Waals surface area contributed by atoms with Crippen LogP contribution in [0.15, 0.2) is 70.3 Å². The minimum absolute atomic E-state index is 0.0828. The van der Waals surface area contributed by atoms with E-state index >= 15 is 0 Å². The largest absolute Gasteiger partial charge is 0.461 e. The second-order valence-electron chi connectivity index (χ2n) is 6.89. The van der Waals surface area contributed by atoms with E-state index in [1.807, 2.05) is 22.8 Å². The number of nitrogens with zero attached hydrogens (tertiary/aromatic N) is 4. The van der Waals surface area contributed by atoms with Gasteiger partial charge in [-0.2, -0.15) is 4.31 Å². The number of fused-ring (bicyclic) bond motifs is 1. The third-order valence-corrected chi connectivity index (χ3v) is 7.01. The van der Waals surface area contributed by atoms with Crippen molar-refractivity contribution in [1.82, 2.24) is 18.8 Å². The second-order valence-corrected chi connectivity index (χ2v) is 8.83. The monoisotopic (exact) mass is 412 g/mol. The molecule has 0 saturated carbocycles. The van der Waals surface area contributed by atoms with Gasteiger partial charge in [-0.15, -0.1) is 0 Å². The van der Waals surface area contributed by atoms with E-state index in [0.29, 0.717) is 30.2 Å². The molecule has 3 aromatic heterocycles. The van der Waals surface area contributed by atoms with E-state index in [1.165, 1.54) is 16.4 Å². The van der Waals surface area contributed by atoms with Crippen molar-refractivity contribution in [2.24, 2.45) is 0 Å². The quantitative estimate of drug-likeness (QED) is 0.513. The zero-order chi connectivity index (χ0) is 20.0. The molecule has 1 fully saturated rings. The molecule has 0 spiro atoms. The fourth-order valence-electron chi connectivity index (χ4n) is 3.75. The van der Waals surface area contributed by atoms with Gasteiger partial charge in [-0.1, -0.05) is 0 Å². The lowest BCUT2D eigenvalue weighted by molar-refractivity contribution is 0.453. The Labute approximate surface area is 166 Å². The van der Waals surface area contributed by atoms with Crippen LogP contribution in [-0.2, 0) is 10.0 Å². The third kappa shape index (κ3) is 3.02. The molecule has 148 valence electrons. The van der Waals surface area contributed by atoms with Crippen LogP contribution in [0.4, 0.5) is 4.39 Å². The van der Waals surface area contributed by atoms with Gasteiger partial charge in [0.15, 0.2) is 17.2 Å². The molecule has 1 aromatic carbocycles. The number of aromatic nitrogens is 3. The van der Waals surface area contributed by atoms with Crippen LogP contribution in [0.5, 0.6) is 0 Å². The van der Waals surface area contributed by atoms with Crippen molar-refractivity contribution in [2.75, 3.05) is 13.1 Å². The molecule has 9 heteroatoms. The molecule has 1 aliphatic heterocycles. The standard InChI is InChI=1S/C20H17FN4O3S/c21-14-5-7-16(8-6-14)29(26,27)24-11-9-15(13-24)25-19-17(3-1-10-22-19)23-20(25)18-4-2-12-28-18/h1-8,10,12,15H,9,11,13H2/t15-/m0/s1. The molecule has 0 N–H and O–H groups in total. The number of halogens is 1. The normalized spacial score (nSPS) is 17.9. The van der Waals surface area contributed by atoms with Crippen LogP contribution in [0, 0.1) is 5.82 Å². The molecular formula is C20H17FN4O3S. The van der Waals surface area contributed by atoms with Gasteiger partial charge < -0.3 is 8.98 Å². The summed E-state index contributed by atoms with van der Waals surface area (Å²) in [4.78, 5) is 9.20. The van der Waals surface area contributed by atoms with Gasteiger partial charge >= 0.3 is 0 Å². The molecular weight excluding hydrogens is 395 g/mol. The van der Waals surface area contributed by atoms with Gasteiger partial charge in [0.2, 0.25) is 10.0 Å². The fraction of sp³-hybridized carbons (Fsp3) is 0.200. The summed E-state index contributed by atoms with van der Waals surface area (Å²) in [6.45, 7) is 0.629. The number of sulfonamides is 1. The third-order valence-electron chi connectivity index (χ3n) is 5.13. The van der Waals surface area contributed by atoms with Gasteiger partial charge in [0.1, 0.15) is 11.3 Å². The SMILES string of the molecule is O=S(=O)(c1ccc(F)cc1)N1CC[C@H](n2c(-c3ccco3)nc3cccnc32)C1. The molecule has 0 unspecified atom stereocenters. The number of hydrogen-bond donors (Lipinski definition) is 0. The zero-order valence-corrected chi connectivity index (χ0v) is 16.1. The van der Waals surface area contributed by atoms with Crippen molar-refractivity contribution < 1.29 is 17.2 Å². The molecule has 0 amide bonds. The van der Waals surface area contributed by atoms with Crippen molar-refractivity contribution in [3.05, 3.63) is 66.8 Å². The number of imidazole rings is 1. The Balaban J connectivity index is 1.53. The molecule has 0 aliphatic carbocycles. The summed E-state index contributed by atoms with van der Waals surface area (Å²) in [5.41, 5.74) is 1.41. The van der Waals surface area contributed by atoms with E-state index in [4.69, 9.17) is 4.42 Å². The first-order chi connectivity index (χ1) is 14.0. The van der Waals surface area contributed by atoms with Gasteiger partial charge in [-0.05, 0) is 55.0 Å². The Morgan fingerprint density at radius 1 is 1.10 bits per heavy atom. The maximum atomic E-state index is 13.2.